The highest BCUT2D eigenvalue weighted by Gasteiger charge is 2.44. The second kappa shape index (κ2) is 12.4. The van der Waals surface area contributed by atoms with Gasteiger partial charge in [-0.05, 0) is 19.3 Å². The first-order valence-corrected chi connectivity index (χ1v) is 9.95. The van der Waals surface area contributed by atoms with Crippen molar-refractivity contribution in [1.29, 1.82) is 5.26 Å². The van der Waals surface area contributed by atoms with Crippen LogP contribution in [0.5, 0.6) is 0 Å². The van der Waals surface area contributed by atoms with Gasteiger partial charge in [0.05, 0.1) is 6.07 Å². The van der Waals surface area contributed by atoms with Gasteiger partial charge in [0, 0.05) is 6.42 Å². The lowest BCUT2D eigenvalue weighted by molar-refractivity contribution is -0.121. The van der Waals surface area contributed by atoms with Crippen molar-refractivity contribution >= 4 is 5.91 Å². The topological polar surface area (TPSA) is 52.9 Å². The van der Waals surface area contributed by atoms with Crippen molar-refractivity contribution in [3.63, 3.8) is 0 Å². The van der Waals surface area contributed by atoms with E-state index < -0.39 is 5.54 Å². The molecule has 0 aromatic carbocycles. The van der Waals surface area contributed by atoms with Gasteiger partial charge in [-0.15, -0.1) is 0 Å². The third kappa shape index (κ3) is 10.4. The molecule has 23 heavy (non-hydrogen) atoms. The lowest BCUT2D eigenvalue weighted by Gasteiger charge is -2.08. The molecule has 0 radical (unpaired) electrons. The van der Waals surface area contributed by atoms with E-state index in [1.807, 2.05) is 0 Å². The van der Waals surface area contributed by atoms with Crippen LogP contribution in [0.4, 0.5) is 0 Å². The molecule has 1 saturated carbocycles. The first kappa shape index (κ1) is 20.0. The molecular weight excluding hydrogens is 284 g/mol. The first-order valence-electron chi connectivity index (χ1n) is 9.95. The van der Waals surface area contributed by atoms with E-state index in [4.69, 9.17) is 5.26 Å². The summed E-state index contributed by atoms with van der Waals surface area (Å²) < 4.78 is 0. The highest BCUT2D eigenvalue weighted by molar-refractivity contribution is 5.77. The number of nitrogens with one attached hydrogen (secondary N) is 1. The Morgan fingerprint density at radius 3 is 1.70 bits per heavy atom. The molecule has 0 heterocycles. The zero-order chi connectivity index (χ0) is 16.8. The summed E-state index contributed by atoms with van der Waals surface area (Å²) in [5, 5.41) is 11.8. The van der Waals surface area contributed by atoms with E-state index in [-0.39, 0.29) is 5.91 Å². The van der Waals surface area contributed by atoms with Crippen LogP contribution in [0.25, 0.3) is 0 Å². The summed E-state index contributed by atoms with van der Waals surface area (Å²) in [6.45, 7) is 2.27. The minimum atomic E-state index is -0.492. The molecular formula is C20H36N2O. The van der Waals surface area contributed by atoms with Crippen molar-refractivity contribution in [2.75, 3.05) is 0 Å². The van der Waals surface area contributed by atoms with Crippen molar-refractivity contribution in [1.82, 2.24) is 5.32 Å². The number of nitrogens with zero attached hydrogens (tertiary/aromatic N) is 1. The predicted molar refractivity (Wildman–Crippen MR) is 96.0 cm³/mol. The zero-order valence-electron chi connectivity index (χ0n) is 15.2. The highest BCUT2D eigenvalue weighted by atomic mass is 16.1. The molecule has 1 rings (SSSR count). The predicted octanol–water partition coefficient (Wildman–Crippen LogP) is 5.64. The van der Waals surface area contributed by atoms with Crippen LogP contribution in [0, 0.1) is 11.3 Å². The Labute approximate surface area is 143 Å². The van der Waals surface area contributed by atoms with E-state index in [0.29, 0.717) is 6.42 Å². The van der Waals surface area contributed by atoms with Crippen LogP contribution in [0.2, 0.25) is 0 Å². The Morgan fingerprint density at radius 2 is 1.30 bits per heavy atom. The summed E-state index contributed by atoms with van der Waals surface area (Å²) in [5.41, 5.74) is -0.492. The molecule has 0 unspecified atom stereocenters. The molecule has 1 aliphatic carbocycles. The highest BCUT2D eigenvalue weighted by Crippen LogP contribution is 2.34. The maximum absolute atomic E-state index is 11.7. The summed E-state index contributed by atoms with van der Waals surface area (Å²) in [7, 11) is 0. The lowest BCUT2D eigenvalue weighted by Crippen LogP contribution is -2.35. The smallest absolute Gasteiger partial charge is 0.221 e. The molecule has 0 atom stereocenters. The van der Waals surface area contributed by atoms with E-state index in [9.17, 15) is 4.79 Å². The Kier molecular flexibility index (Phi) is 10.8. The van der Waals surface area contributed by atoms with Gasteiger partial charge < -0.3 is 5.32 Å². The Bertz CT molecular complexity index is 355. The zero-order valence-corrected chi connectivity index (χ0v) is 15.2. The number of amides is 1. The molecule has 3 nitrogen and oxygen atoms in total. The van der Waals surface area contributed by atoms with Gasteiger partial charge in [0.25, 0.3) is 0 Å². The van der Waals surface area contributed by atoms with E-state index in [1.54, 1.807) is 0 Å². The van der Waals surface area contributed by atoms with Crippen LogP contribution in [0.15, 0.2) is 0 Å². The summed E-state index contributed by atoms with van der Waals surface area (Å²) in [4.78, 5) is 11.7. The monoisotopic (exact) mass is 320 g/mol. The van der Waals surface area contributed by atoms with Crippen molar-refractivity contribution in [2.45, 2.75) is 115 Å². The largest absolute Gasteiger partial charge is 0.338 e. The van der Waals surface area contributed by atoms with Crippen molar-refractivity contribution in [2.24, 2.45) is 0 Å². The number of carbonyl (C=O) groups excluding carboxylic acids is 1. The van der Waals surface area contributed by atoms with E-state index in [1.165, 1.54) is 70.6 Å². The Balaban J connectivity index is 1.76. The average Bonchev–Trinajstić information content (AvgIpc) is 3.32. The molecule has 0 bridgehead atoms. The first-order chi connectivity index (χ1) is 11.2. The maximum Gasteiger partial charge on any atom is 0.221 e. The number of rotatable bonds is 15. The summed E-state index contributed by atoms with van der Waals surface area (Å²) in [6, 6.07) is 2.20. The fourth-order valence-electron chi connectivity index (χ4n) is 3.02. The fraction of sp³-hybridized carbons (Fsp3) is 0.900. The van der Waals surface area contributed by atoms with Crippen molar-refractivity contribution in [3.8, 4) is 6.07 Å². The van der Waals surface area contributed by atoms with Crippen molar-refractivity contribution in [3.05, 3.63) is 0 Å². The maximum atomic E-state index is 11.7. The van der Waals surface area contributed by atoms with E-state index in [2.05, 4.69) is 18.3 Å². The minimum Gasteiger partial charge on any atom is -0.338 e. The molecule has 1 aliphatic rings. The molecule has 3 heteroatoms. The van der Waals surface area contributed by atoms with Gasteiger partial charge >= 0.3 is 0 Å². The second-order valence-electron chi connectivity index (χ2n) is 7.23. The summed E-state index contributed by atoms with van der Waals surface area (Å²) >= 11 is 0. The summed E-state index contributed by atoms with van der Waals surface area (Å²) in [6.07, 6.45) is 19.4. The minimum absolute atomic E-state index is 0.0622. The van der Waals surface area contributed by atoms with Crippen LogP contribution < -0.4 is 5.32 Å². The van der Waals surface area contributed by atoms with Crippen LogP contribution >= 0.6 is 0 Å². The molecule has 1 amide bonds. The third-order valence-electron chi connectivity index (χ3n) is 4.85. The van der Waals surface area contributed by atoms with Crippen LogP contribution in [0.3, 0.4) is 0 Å². The van der Waals surface area contributed by atoms with Crippen LogP contribution in [0.1, 0.15) is 110 Å². The number of unbranched alkanes of at least 4 members (excludes halogenated alkanes) is 12. The van der Waals surface area contributed by atoms with Gasteiger partial charge in [0.15, 0.2) is 0 Å². The fourth-order valence-corrected chi connectivity index (χ4v) is 3.02. The molecule has 1 N–H and O–H groups in total. The van der Waals surface area contributed by atoms with Crippen LogP contribution in [-0.2, 0) is 4.79 Å². The molecule has 0 spiro atoms. The van der Waals surface area contributed by atoms with Crippen molar-refractivity contribution < 1.29 is 4.79 Å². The van der Waals surface area contributed by atoms with Gasteiger partial charge in [-0.2, -0.15) is 5.26 Å². The van der Waals surface area contributed by atoms with Gasteiger partial charge in [-0.25, -0.2) is 0 Å². The van der Waals surface area contributed by atoms with Gasteiger partial charge in [-0.1, -0.05) is 84.0 Å². The number of hydrogen-bond acceptors (Lipinski definition) is 2. The second-order valence-corrected chi connectivity index (χ2v) is 7.23. The standard InChI is InChI=1S/C20H36N2O/c1-2-3-4-5-6-7-8-9-10-11-12-13-14-15-19(23)22-20(18-21)16-17-20/h2-17H2,1H3,(H,22,23). The van der Waals surface area contributed by atoms with Gasteiger partial charge in [0.1, 0.15) is 5.54 Å². The number of hydrogen-bond donors (Lipinski definition) is 1. The third-order valence-corrected chi connectivity index (χ3v) is 4.85. The molecule has 1 fully saturated rings. The molecule has 0 aromatic heterocycles. The van der Waals surface area contributed by atoms with Crippen LogP contribution in [-0.4, -0.2) is 11.4 Å². The molecule has 0 aliphatic heterocycles. The lowest BCUT2D eigenvalue weighted by atomic mass is 10.0. The summed E-state index contributed by atoms with van der Waals surface area (Å²) in [5.74, 6) is 0.0622. The molecule has 132 valence electrons. The number of carbonyl (C=O) groups is 1. The van der Waals surface area contributed by atoms with E-state index >= 15 is 0 Å². The normalized spacial score (nSPS) is 15.1. The number of nitriles is 1. The Hall–Kier alpha value is -1.04. The Morgan fingerprint density at radius 1 is 0.870 bits per heavy atom. The average molecular weight is 321 g/mol. The molecule has 0 aromatic rings. The van der Waals surface area contributed by atoms with Gasteiger partial charge in [-0.3, -0.25) is 4.79 Å². The SMILES string of the molecule is CCCCCCCCCCCCCCCC(=O)NC1(C#N)CC1. The quantitative estimate of drug-likeness (QED) is 0.397. The van der Waals surface area contributed by atoms with Gasteiger partial charge in [0.2, 0.25) is 5.91 Å². The molecule has 0 saturated heterocycles. The van der Waals surface area contributed by atoms with E-state index in [0.717, 1.165) is 25.7 Å².